The van der Waals surface area contributed by atoms with Crippen LogP contribution in [0.5, 0.6) is 5.75 Å². The van der Waals surface area contributed by atoms with Crippen LogP contribution in [0.25, 0.3) is 0 Å². The predicted octanol–water partition coefficient (Wildman–Crippen LogP) is 1.42. The van der Waals surface area contributed by atoms with Gasteiger partial charge in [0.15, 0.2) is 5.78 Å². The molecule has 4 N–H and O–H groups in total. The second-order valence-electron chi connectivity index (χ2n) is 11.5. The van der Waals surface area contributed by atoms with Crippen LogP contribution in [0.1, 0.15) is 64.4 Å². The Morgan fingerprint density at radius 2 is 1.64 bits per heavy atom. The summed E-state index contributed by atoms with van der Waals surface area (Å²) >= 11 is 0. The minimum atomic E-state index is -0.970. The highest BCUT2D eigenvalue weighted by atomic mass is 16.6. The molecule has 1 aromatic rings. The molecule has 4 rings (SSSR count). The number of ether oxygens (including phenoxy) is 2. The Morgan fingerprint density at radius 1 is 1.03 bits per heavy atom. The minimum Gasteiger partial charge on any atom is -0.497 e. The molecule has 3 amide bonds. The topological polar surface area (TPSA) is 146 Å². The molecule has 10 heteroatoms. The van der Waals surface area contributed by atoms with E-state index < -0.39 is 41.6 Å². The summed E-state index contributed by atoms with van der Waals surface area (Å²) in [7, 11) is 1.57. The Balaban J connectivity index is 1.46. The third-order valence-electron chi connectivity index (χ3n) is 8.24. The Morgan fingerprint density at radius 3 is 2.21 bits per heavy atom. The summed E-state index contributed by atoms with van der Waals surface area (Å²) in [6.07, 6.45) is 5.30. The largest absolute Gasteiger partial charge is 0.497 e. The molecule has 3 fully saturated rings. The maximum atomic E-state index is 13.6. The number of amides is 3. The van der Waals surface area contributed by atoms with Crippen molar-refractivity contribution in [3.63, 3.8) is 0 Å². The van der Waals surface area contributed by atoms with Crippen molar-refractivity contribution in [3.8, 4) is 5.75 Å². The molecule has 0 spiro atoms. The third kappa shape index (κ3) is 7.57. The maximum absolute atomic E-state index is 13.6. The van der Waals surface area contributed by atoms with Gasteiger partial charge in [0.1, 0.15) is 23.4 Å². The number of hydrogen-bond acceptors (Lipinski definition) is 7. The zero-order valence-corrected chi connectivity index (χ0v) is 23.0. The second kappa shape index (κ2) is 12.5. The van der Waals surface area contributed by atoms with Crippen molar-refractivity contribution in [2.45, 2.75) is 95.0 Å². The van der Waals surface area contributed by atoms with Crippen molar-refractivity contribution in [3.05, 3.63) is 29.8 Å². The number of aliphatic hydroxyl groups is 1. The summed E-state index contributed by atoms with van der Waals surface area (Å²) in [5.74, 6) is -0.687. The van der Waals surface area contributed by atoms with Gasteiger partial charge < -0.3 is 30.5 Å². The second-order valence-corrected chi connectivity index (χ2v) is 11.5. The van der Waals surface area contributed by atoms with Crippen molar-refractivity contribution in [2.24, 2.45) is 11.8 Å². The number of carbonyl (C=O) groups excluding carboxylic acids is 4. The fourth-order valence-electron chi connectivity index (χ4n) is 5.40. The highest BCUT2D eigenvalue weighted by Crippen LogP contribution is 2.33. The van der Waals surface area contributed by atoms with Crippen molar-refractivity contribution in [2.75, 3.05) is 13.7 Å². The molecule has 0 aromatic heterocycles. The number of epoxide rings is 1. The molecule has 4 atom stereocenters. The van der Waals surface area contributed by atoms with Gasteiger partial charge >= 0.3 is 0 Å². The quantitative estimate of drug-likeness (QED) is 0.275. The fourth-order valence-corrected chi connectivity index (χ4v) is 5.40. The first kappa shape index (κ1) is 29.0. The van der Waals surface area contributed by atoms with Crippen molar-refractivity contribution < 1.29 is 33.8 Å². The van der Waals surface area contributed by atoms with Gasteiger partial charge in [-0.3, -0.25) is 19.2 Å². The average molecular weight is 544 g/mol. The average Bonchev–Trinajstić information content (AvgIpc) is 3.44. The van der Waals surface area contributed by atoms with Crippen molar-refractivity contribution in [1.82, 2.24) is 16.0 Å². The highest BCUT2D eigenvalue weighted by molar-refractivity contribution is 5.98. The standard InChI is InChI=1S/C29H41N3O7/c1-17(30-27(36)20-14-21(33)15-20)26(35)32-24(13-19-8-10-22(38-3)11-9-19)28(37)31-23(12-18-6-4-5-7-18)25(34)29(2)16-39-29/h8-11,17-18,20-21,23-24,33H,4-7,12-16H2,1-3H3,(H,30,36)(H,31,37)(H,32,35). The number of methoxy groups -OCH3 is 1. The molecule has 2 aliphatic carbocycles. The van der Waals surface area contributed by atoms with Gasteiger partial charge in [0.05, 0.1) is 25.9 Å². The van der Waals surface area contributed by atoms with E-state index in [4.69, 9.17) is 9.47 Å². The number of rotatable bonds is 13. The van der Waals surface area contributed by atoms with Crippen LogP contribution in [0.2, 0.25) is 0 Å². The van der Waals surface area contributed by atoms with Gasteiger partial charge in [0, 0.05) is 12.3 Å². The first-order valence-electron chi connectivity index (χ1n) is 14.0. The molecular formula is C29H41N3O7. The van der Waals surface area contributed by atoms with Crippen LogP contribution >= 0.6 is 0 Å². The summed E-state index contributed by atoms with van der Waals surface area (Å²) < 4.78 is 10.6. The van der Waals surface area contributed by atoms with Gasteiger partial charge in [-0.15, -0.1) is 0 Å². The molecule has 1 heterocycles. The molecule has 2 saturated carbocycles. The van der Waals surface area contributed by atoms with Gasteiger partial charge in [0.2, 0.25) is 17.7 Å². The van der Waals surface area contributed by atoms with E-state index in [9.17, 15) is 24.3 Å². The van der Waals surface area contributed by atoms with Gasteiger partial charge in [-0.05, 0) is 56.7 Å². The number of benzene rings is 1. The van der Waals surface area contributed by atoms with Crippen LogP contribution < -0.4 is 20.7 Å². The number of aliphatic hydroxyl groups excluding tert-OH is 1. The van der Waals surface area contributed by atoms with Gasteiger partial charge in [-0.2, -0.15) is 0 Å². The van der Waals surface area contributed by atoms with E-state index in [1.165, 1.54) is 0 Å². The minimum absolute atomic E-state index is 0.138. The molecule has 1 aromatic carbocycles. The van der Waals surface area contributed by atoms with E-state index in [-0.39, 0.29) is 24.0 Å². The van der Waals surface area contributed by atoms with E-state index in [0.29, 0.717) is 37.5 Å². The summed E-state index contributed by atoms with van der Waals surface area (Å²) in [6, 6.07) is 4.64. The Hall–Kier alpha value is -2.98. The Labute approximate surface area is 229 Å². The van der Waals surface area contributed by atoms with Crippen LogP contribution in [0.15, 0.2) is 24.3 Å². The molecule has 39 heavy (non-hydrogen) atoms. The van der Waals surface area contributed by atoms with E-state index >= 15 is 0 Å². The summed E-state index contributed by atoms with van der Waals surface area (Å²) in [5.41, 5.74) is -0.0772. The maximum Gasteiger partial charge on any atom is 0.243 e. The van der Waals surface area contributed by atoms with E-state index in [2.05, 4.69) is 16.0 Å². The monoisotopic (exact) mass is 543 g/mol. The van der Waals surface area contributed by atoms with E-state index in [1.807, 2.05) is 12.1 Å². The third-order valence-corrected chi connectivity index (χ3v) is 8.24. The number of Topliss-reactive ketones (excluding diaryl/α,β-unsaturated/α-hetero) is 1. The van der Waals surface area contributed by atoms with Crippen LogP contribution in [-0.4, -0.2) is 72.2 Å². The molecule has 0 bridgehead atoms. The lowest BCUT2D eigenvalue weighted by molar-refractivity contribution is -0.136. The Bertz CT molecular complexity index is 1040. The fraction of sp³-hybridized carbons (Fsp3) is 0.655. The SMILES string of the molecule is COc1ccc(CC(NC(=O)C(C)NC(=O)C2CC(O)C2)C(=O)NC(CC2CCCC2)C(=O)C2(C)CO2)cc1. The first-order chi connectivity index (χ1) is 18.6. The zero-order chi connectivity index (χ0) is 28.2. The predicted molar refractivity (Wildman–Crippen MR) is 143 cm³/mol. The van der Waals surface area contributed by atoms with Crippen LogP contribution in [-0.2, 0) is 30.3 Å². The van der Waals surface area contributed by atoms with Gasteiger partial charge in [-0.25, -0.2) is 0 Å². The van der Waals surface area contributed by atoms with Crippen LogP contribution in [0, 0.1) is 11.8 Å². The highest BCUT2D eigenvalue weighted by Gasteiger charge is 2.50. The molecule has 214 valence electrons. The molecule has 1 saturated heterocycles. The number of ketones is 1. The lowest BCUT2D eigenvalue weighted by Gasteiger charge is -2.31. The van der Waals surface area contributed by atoms with Crippen LogP contribution in [0.4, 0.5) is 0 Å². The summed E-state index contributed by atoms with van der Waals surface area (Å²) in [5, 5.41) is 17.9. The number of carbonyl (C=O) groups is 4. The van der Waals surface area contributed by atoms with E-state index in [0.717, 1.165) is 31.2 Å². The normalized spacial score (nSPS) is 26.5. The van der Waals surface area contributed by atoms with Crippen molar-refractivity contribution in [1.29, 1.82) is 0 Å². The summed E-state index contributed by atoms with van der Waals surface area (Å²) in [6.45, 7) is 3.64. The van der Waals surface area contributed by atoms with Crippen molar-refractivity contribution >= 4 is 23.5 Å². The molecule has 3 aliphatic rings. The lowest BCUT2D eigenvalue weighted by Crippen LogP contribution is -2.57. The lowest BCUT2D eigenvalue weighted by atomic mass is 9.82. The molecule has 4 unspecified atom stereocenters. The van der Waals surface area contributed by atoms with Gasteiger partial charge in [0.25, 0.3) is 0 Å². The number of nitrogens with one attached hydrogen (secondary N) is 3. The van der Waals surface area contributed by atoms with E-state index in [1.54, 1.807) is 33.1 Å². The molecule has 1 aliphatic heterocycles. The molecular weight excluding hydrogens is 502 g/mol. The van der Waals surface area contributed by atoms with Crippen LogP contribution in [0.3, 0.4) is 0 Å². The molecule has 0 radical (unpaired) electrons. The Kier molecular flexibility index (Phi) is 9.27. The smallest absolute Gasteiger partial charge is 0.243 e. The van der Waals surface area contributed by atoms with Gasteiger partial charge in [-0.1, -0.05) is 37.8 Å². The first-order valence-corrected chi connectivity index (χ1v) is 14.0. The molecule has 10 nitrogen and oxygen atoms in total. The zero-order valence-electron chi connectivity index (χ0n) is 23.0. The number of hydrogen-bond donors (Lipinski definition) is 4. The summed E-state index contributed by atoms with van der Waals surface area (Å²) in [4.78, 5) is 52.4.